The fourth-order valence-corrected chi connectivity index (χ4v) is 1.67. The van der Waals surface area contributed by atoms with Gasteiger partial charge in [-0.1, -0.05) is 13.3 Å². The van der Waals surface area contributed by atoms with Crippen LogP contribution in [0.4, 0.5) is 4.79 Å². The van der Waals surface area contributed by atoms with Gasteiger partial charge in [0.2, 0.25) is 6.41 Å². The van der Waals surface area contributed by atoms with Crippen molar-refractivity contribution < 1.29 is 19.4 Å². The maximum absolute atomic E-state index is 12.2. The van der Waals surface area contributed by atoms with Crippen molar-refractivity contribution in [1.82, 2.24) is 10.2 Å². The first kappa shape index (κ1) is 21.1. The van der Waals surface area contributed by atoms with E-state index in [1.54, 1.807) is 4.90 Å². The molecule has 0 saturated carbocycles. The molecule has 0 rings (SSSR count). The van der Waals surface area contributed by atoms with Crippen molar-refractivity contribution in [2.75, 3.05) is 19.6 Å². The van der Waals surface area contributed by atoms with E-state index < -0.39 is 17.6 Å². The molecule has 1 amide bonds. The van der Waals surface area contributed by atoms with E-state index in [0.717, 1.165) is 12.8 Å². The molecule has 0 heterocycles. The molecule has 0 aliphatic rings. The molecule has 0 fully saturated rings. The number of nitrogens with one attached hydrogen (secondary N) is 1. The van der Waals surface area contributed by atoms with E-state index in [2.05, 4.69) is 12.2 Å². The van der Waals surface area contributed by atoms with Crippen molar-refractivity contribution in [2.24, 2.45) is 0 Å². The zero-order valence-corrected chi connectivity index (χ0v) is 15.2. The number of aliphatic hydroxyl groups excluding tert-OH is 1. The molecule has 0 radical (unpaired) electrons. The molecule has 6 nitrogen and oxygen atoms in total. The molecule has 132 valence electrons. The number of hydrogen-bond donors (Lipinski definition) is 2. The Labute approximate surface area is 135 Å². The van der Waals surface area contributed by atoms with Gasteiger partial charge < -0.3 is 19.5 Å². The summed E-state index contributed by atoms with van der Waals surface area (Å²) in [5.41, 5.74) is -0.941. The van der Waals surface area contributed by atoms with Crippen molar-refractivity contribution in [3.8, 4) is 0 Å². The molecular weight excluding hydrogens is 284 g/mol. The van der Waals surface area contributed by atoms with Crippen LogP contribution in [0, 0.1) is 0 Å². The molecule has 2 N–H and O–H groups in total. The van der Waals surface area contributed by atoms with E-state index in [-0.39, 0.29) is 6.09 Å². The third-order valence-corrected chi connectivity index (χ3v) is 2.60. The van der Waals surface area contributed by atoms with Gasteiger partial charge in [0.25, 0.3) is 0 Å². The smallest absolute Gasteiger partial charge is 0.410 e. The van der Waals surface area contributed by atoms with Crippen LogP contribution in [0.25, 0.3) is 0 Å². The highest BCUT2D eigenvalue weighted by atomic mass is 16.6. The zero-order chi connectivity index (χ0) is 17.4. The van der Waals surface area contributed by atoms with Gasteiger partial charge in [-0.2, -0.15) is 0 Å². The average molecular weight is 318 g/mol. The minimum atomic E-state index is -1.05. The van der Waals surface area contributed by atoms with Crippen LogP contribution < -0.4 is 5.32 Å². The van der Waals surface area contributed by atoms with E-state index in [1.165, 1.54) is 0 Å². The topological polar surface area (TPSA) is 71.0 Å². The molecule has 0 aromatic carbocycles. The van der Waals surface area contributed by atoms with Gasteiger partial charge in [-0.25, -0.2) is 4.79 Å². The van der Waals surface area contributed by atoms with E-state index >= 15 is 0 Å². The van der Waals surface area contributed by atoms with Gasteiger partial charge in [-0.15, -0.1) is 0 Å². The van der Waals surface area contributed by atoms with Crippen LogP contribution in [0.2, 0.25) is 0 Å². The normalized spacial score (nSPS) is 13.8. The van der Waals surface area contributed by atoms with Gasteiger partial charge in [0.05, 0.1) is 5.60 Å². The lowest BCUT2D eigenvalue weighted by Gasteiger charge is -2.28. The summed E-state index contributed by atoms with van der Waals surface area (Å²) in [7, 11) is 0. The average Bonchev–Trinajstić information content (AvgIpc) is 2.28. The number of nitrogens with zero attached hydrogens (tertiary/aromatic N) is 1. The van der Waals surface area contributed by atoms with Crippen LogP contribution >= 0.6 is 0 Å². The van der Waals surface area contributed by atoms with Gasteiger partial charge in [-0.3, -0.25) is 5.32 Å². The number of carbonyl (C=O) groups is 1. The first-order valence-corrected chi connectivity index (χ1v) is 8.02. The number of carbonyl (C=O) groups excluding carboxylic acids is 1. The van der Waals surface area contributed by atoms with Crippen molar-refractivity contribution in [1.29, 1.82) is 0 Å². The SMILES string of the molecule is CCCCN(CCNC(O)OC(C)(C)C)C(=O)OC(C)(C)C. The molecular formula is C16H34N2O4. The number of unbranched alkanes of at least 4 members (excludes halogenated alkanes) is 1. The molecule has 1 atom stereocenters. The zero-order valence-electron chi connectivity index (χ0n) is 15.2. The highest BCUT2D eigenvalue weighted by molar-refractivity contribution is 5.68. The summed E-state index contributed by atoms with van der Waals surface area (Å²) in [4.78, 5) is 13.8. The van der Waals surface area contributed by atoms with Gasteiger partial charge in [-0.05, 0) is 48.0 Å². The molecule has 22 heavy (non-hydrogen) atoms. The lowest BCUT2D eigenvalue weighted by Crippen LogP contribution is -2.44. The van der Waals surface area contributed by atoms with E-state index in [9.17, 15) is 9.90 Å². The summed E-state index contributed by atoms with van der Waals surface area (Å²) in [6, 6.07) is 0. The van der Waals surface area contributed by atoms with Crippen molar-refractivity contribution in [3.05, 3.63) is 0 Å². The maximum atomic E-state index is 12.2. The number of ether oxygens (including phenoxy) is 2. The van der Waals surface area contributed by atoms with E-state index in [0.29, 0.717) is 19.6 Å². The van der Waals surface area contributed by atoms with Crippen LogP contribution in [0.3, 0.4) is 0 Å². The van der Waals surface area contributed by atoms with Gasteiger partial charge in [0.15, 0.2) is 0 Å². The summed E-state index contributed by atoms with van der Waals surface area (Å²) < 4.78 is 10.8. The largest absolute Gasteiger partial charge is 0.444 e. The van der Waals surface area contributed by atoms with E-state index in [1.807, 2.05) is 41.5 Å². The van der Waals surface area contributed by atoms with Crippen LogP contribution in [0.1, 0.15) is 61.3 Å². The molecule has 0 bridgehead atoms. The summed E-state index contributed by atoms with van der Waals surface area (Å²) in [6.07, 6.45) is 0.545. The predicted octanol–water partition coefficient (Wildman–Crippen LogP) is 2.70. The molecule has 0 aromatic heterocycles. The van der Waals surface area contributed by atoms with Crippen LogP contribution in [0.5, 0.6) is 0 Å². The molecule has 0 aliphatic heterocycles. The Morgan fingerprint density at radius 2 is 1.73 bits per heavy atom. The Bertz CT molecular complexity index is 321. The molecule has 6 heteroatoms. The van der Waals surface area contributed by atoms with Crippen LogP contribution in [-0.4, -0.2) is 53.4 Å². The van der Waals surface area contributed by atoms with Gasteiger partial charge >= 0.3 is 6.09 Å². The Kier molecular flexibility index (Phi) is 8.96. The highest BCUT2D eigenvalue weighted by Crippen LogP contribution is 2.11. The van der Waals surface area contributed by atoms with Gasteiger partial charge in [0, 0.05) is 19.6 Å². The molecule has 0 spiro atoms. The summed E-state index contributed by atoms with van der Waals surface area (Å²) >= 11 is 0. The second-order valence-corrected chi connectivity index (χ2v) is 7.36. The third kappa shape index (κ3) is 11.8. The highest BCUT2D eigenvalue weighted by Gasteiger charge is 2.22. The van der Waals surface area contributed by atoms with Crippen molar-refractivity contribution >= 4 is 6.09 Å². The second-order valence-electron chi connectivity index (χ2n) is 7.36. The Morgan fingerprint density at radius 3 is 2.18 bits per heavy atom. The number of aliphatic hydroxyl groups is 1. The standard InChI is InChI=1S/C16H34N2O4/c1-8-9-11-18(14(20)22-16(5,6)7)12-10-17-13(19)21-15(2,3)4/h13,17,19H,8-12H2,1-7H3. The molecule has 1 unspecified atom stereocenters. The van der Waals surface area contributed by atoms with Crippen molar-refractivity contribution in [2.45, 2.75) is 78.9 Å². The van der Waals surface area contributed by atoms with Crippen LogP contribution in [0.15, 0.2) is 0 Å². The summed E-state index contributed by atoms with van der Waals surface area (Å²) in [5, 5.41) is 12.6. The van der Waals surface area contributed by atoms with E-state index in [4.69, 9.17) is 9.47 Å². The van der Waals surface area contributed by atoms with Crippen LogP contribution in [-0.2, 0) is 9.47 Å². The predicted molar refractivity (Wildman–Crippen MR) is 87.6 cm³/mol. The van der Waals surface area contributed by atoms with Crippen molar-refractivity contribution in [3.63, 3.8) is 0 Å². The number of hydrogen-bond acceptors (Lipinski definition) is 5. The number of amides is 1. The number of rotatable bonds is 8. The molecule has 0 saturated heterocycles. The Hall–Kier alpha value is -0.850. The Balaban J connectivity index is 4.33. The van der Waals surface area contributed by atoms with Gasteiger partial charge in [0.1, 0.15) is 5.60 Å². The fraction of sp³-hybridized carbons (Fsp3) is 0.938. The maximum Gasteiger partial charge on any atom is 0.410 e. The first-order valence-electron chi connectivity index (χ1n) is 8.02. The quantitative estimate of drug-likeness (QED) is 0.673. The lowest BCUT2D eigenvalue weighted by atomic mass is 10.2. The third-order valence-electron chi connectivity index (χ3n) is 2.60. The monoisotopic (exact) mass is 318 g/mol. The minimum Gasteiger partial charge on any atom is -0.444 e. The molecule has 0 aromatic rings. The second kappa shape index (κ2) is 9.33. The molecule has 0 aliphatic carbocycles. The Morgan fingerprint density at radius 1 is 1.14 bits per heavy atom. The minimum absolute atomic E-state index is 0.325. The first-order chi connectivity index (χ1) is 9.94. The fourth-order valence-electron chi connectivity index (χ4n) is 1.67. The summed E-state index contributed by atoms with van der Waals surface area (Å²) in [6.45, 7) is 14.8. The summed E-state index contributed by atoms with van der Waals surface area (Å²) in [5.74, 6) is 0. The lowest BCUT2D eigenvalue weighted by molar-refractivity contribution is -0.181.